The first kappa shape index (κ1) is 23.3. The van der Waals surface area contributed by atoms with Crippen molar-refractivity contribution in [2.75, 3.05) is 19.6 Å². The second kappa shape index (κ2) is 10.8. The number of hydrogen-bond donors (Lipinski definition) is 2. The van der Waals surface area contributed by atoms with Crippen molar-refractivity contribution in [3.05, 3.63) is 61.1 Å². The second-order valence-corrected chi connectivity index (χ2v) is 8.98. The van der Waals surface area contributed by atoms with Gasteiger partial charge < -0.3 is 10.6 Å². The molecule has 1 saturated heterocycles. The van der Waals surface area contributed by atoms with E-state index >= 15 is 0 Å². The summed E-state index contributed by atoms with van der Waals surface area (Å²) in [4.78, 5) is 49.7. The average Bonchev–Trinajstić information content (AvgIpc) is 3.34. The van der Waals surface area contributed by atoms with E-state index in [-0.39, 0.29) is 42.8 Å². The Bertz CT molecular complexity index is 1040. The fourth-order valence-electron chi connectivity index (χ4n) is 2.63. The van der Waals surface area contributed by atoms with Gasteiger partial charge in [-0.2, -0.15) is 11.3 Å². The van der Waals surface area contributed by atoms with Gasteiger partial charge in [0.2, 0.25) is 5.91 Å². The number of thioether (sulfide) groups is 1. The summed E-state index contributed by atoms with van der Waals surface area (Å²) in [5, 5.41) is 9.24. The number of nitrogens with one attached hydrogen (secondary N) is 2. The third-order valence-electron chi connectivity index (χ3n) is 4.20. The lowest BCUT2D eigenvalue weighted by Crippen LogP contribution is -2.38. The summed E-state index contributed by atoms with van der Waals surface area (Å²) in [5.41, 5.74) is 1.13. The molecule has 2 aromatic rings. The van der Waals surface area contributed by atoms with Crippen molar-refractivity contribution in [2.24, 2.45) is 0 Å². The minimum Gasteiger partial charge on any atom is -0.354 e. The molecular formula is C20H17Cl2N3O4S2. The third-order valence-corrected chi connectivity index (χ3v) is 6.35. The van der Waals surface area contributed by atoms with E-state index < -0.39 is 11.1 Å². The van der Waals surface area contributed by atoms with Crippen molar-refractivity contribution < 1.29 is 19.2 Å². The maximum atomic E-state index is 12.5. The van der Waals surface area contributed by atoms with E-state index in [1.807, 2.05) is 0 Å². The fourth-order valence-corrected chi connectivity index (χ4v) is 4.59. The van der Waals surface area contributed by atoms with Crippen LogP contribution >= 0.6 is 46.3 Å². The minimum atomic E-state index is -0.446. The molecule has 11 heteroatoms. The lowest BCUT2D eigenvalue weighted by Gasteiger charge is -2.13. The molecule has 0 atom stereocenters. The number of nitrogens with zero attached hydrogens (tertiary/aromatic N) is 1. The van der Waals surface area contributed by atoms with Crippen molar-refractivity contribution in [2.45, 2.75) is 6.42 Å². The van der Waals surface area contributed by atoms with Crippen LogP contribution in [0.5, 0.6) is 0 Å². The van der Waals surface area contributed by atoms with E-state index in [1.54, 1.807) is 35.0 Å². The summed E-state index contributed by atoms with van der Waals surface area (Å²) in [6.07, 6.45) is 1.63. The molecule has 4 amide bonds. The van der Waals surface area contributed by atoms with Gasteiger partial charge in [-0.15, -0.1) is 0 Å². The maximum Gasteiger partial charge on any atom is 0.293 e. The van der Waals surface area contributed by atoms with Gasteiger partial charge in [-0.05, 0) is 47.0 Å². The van der Waals surface area contributed by atoms with Gasteiger partial charge in [0.1, 0.15) is 0 Å². The number of thiophene rings is 1. The van der Waals surface area contributed by atoms with Crippen molar-refractivity contribution in [3.63, 3.8) is 0 Å². The van der Waals surface area contributed by atoms with E-state index in [4.69, 9.17) is 23.2 Å². The van der Waals surface area contributed by atoms with Crippen molar-refractivity contribution in [1.82, 2.24) is 15.5 Å². The molecule has 162 valence electrons. The Balaban J connectivity index is 1.44. The molecule has 0 saturated carbocycles. The number of rotatable bonds is 8. The number of carbonyl (C=O) groups is 4. The van der Waals surface area contributed by atoms with Gasteiger partial charge in [-0.1, -0.05) is 29.3 Å². The number of carbonyl (C=O) groups excluding carboxylic acids is 4. The molecule has 1 aromatic carbocycles. The van der Waals surface area contributed by atoms with Gasteiger partial charge in [-0.3, -0.25) is 24.1 Å². The molecule has 1 aliphatic rings. The molecule has 1 fully saturated rings. The van der Waals surface area contributed by atoms with E-state index in [0.29, 0.717) is 21.2 Å². The summed E-state index contributed by atoms with van der Waals surface area (Å²) >= 11 is 14.2. The summed E-state index contributed by atoms with van der Waals surface area (Å²) in [6, 6.07) is 6.56. The molecule has 0 unspecified atom stereocenters. The second-order valence-electron chi connectivity index (χ2n) is 6.37. The number of amides is 4. The standard InChI is InChI=1S/C20H17Cl2N3O4S2/c21-14-2-1-12(15(22)10-14)9-16-19(28)25(20(29)31-16)7-6-23-17(26)3-5-24-18(27)13-4-8-30-11-13/h1-2,4,8-11H,3,5-7H2,(H,23,26)(H,24,27)/b16-9-. The van der Waals surface area contributed by atoms with Crippen LogP contribution in [-0.2, 0) is 9.59 Å². The average molecular weight is 498 g/mol. The Kier molecular flexibility index (Phi) is 8.14. The molecule has 0 bridgehead atoms. The Morgan fingerprint density at radius 1 is 1.10 bits per heavy atom. The molecule has 1 aromatic heterocycles. The predicted molar refractivity (Wildman–Crippen MR) is 123 cm³/mol. The first-order valence-electron chi connectivity index (χ1n) is 9.12. The largest absolute Gasteiger partial charge is 0.354 e. The zero-order valence-corrected chi connectivity index (χ0v) is 19.2. The quantitative estimate of drug-likeness (QED) is 0.536. The van der Waals surface area contributed by atoms with Crippen LogP contribution in [0.2, 0.25) is 10.0 Å². The third kappa shape index (κ3) is 6.33. The van der Waals surface area contributed by atoms with E-state index in [1.165, 1.54) is 17.4 Å². The Morgan fingerprint density at radius 2 is 1.90 bits per heavy atom. The van der Waals surface area contributed by atoms with Gasteiger partial charge >= 0.3 is 0 Å². The van der Waals surface area contributed by atoms with Crippen LogP contribution in [0.3, 0.4) is 0 Å². The lowest BCUT2D eigenvalue weighted by atomic mass is 10.2. The molecular weight excluding hydrogens is 481 g/mol. The Hall–Kier alpha value is -2.33. The van der Waals surface area contributed by atoms with E-state index in [2.05, 4.69) is 10.6 Å². The zero-order chi connectivity index (χ0) is 22.4. The van der Waals surface area contributed by atoms with Gasteiger partial charge in [0.25, 0.3) is 17.1 Å². The Labute approximate surface area is 196 Å². The van der Waals surface area contributed by atoms with Crippen molar-refractivity contribution in [1.29, 1.82) is 0 Å². The smallest absolute Gasteiger partial charge is 0.293 e. The van der Waals surface area contributed by atoms with Crippen LogP contribution in [-0.4, -0.2) is 47.5 Å². The summed E-state index contributed by atoms with van der Waals surface area (Å²) in [6.45, 7) is 0.348. The van der Waals surface area contributed by atoms with E-state index in [9.17, 15) is 19.2 Å². The predicted octanol–water partition coefficient (Wildman–Crippen LogP) is 4.03. The molecule has 0 spiro atoms. The van der Waals surface area contributed by atoms with Gasteiger partial charge in [-0.25, -0.2) is 0 Å². The topological polar surface area (TPSA) is 95.6 Å². The highest BCUT2D eigenvalue weighted by Crippen LogP contribution is 2.33. The molecule has 0 radical (unpaired) electrons. The Morgan fingerprint density at radius 3 is 2.61 bits per heavy atom. The number of benzene rings is 1. The lowest BCUT2D eigenvalue weighted by molar-refractivity contribution is -0.124. The normalized spacial score (nSPS) is 14.9. The zero-order valence-electron chi connectivity index (χ0n) is 16.0. The van der Waals surface area contributed by atoms with Gasteiger partial charge in [0, 0.05) is 47.0 Å². The van der Waals surface area contributed by atoms with Crippen LogP contribution in [0.4, 0.5) is 4.79 Å². The van der Waals surface area contributed by atoms with Crippen LogP contribution in [0.15, 0.2) is 39.9 Å². The highest BCUT2D eigenvalue weighted by atomic mass is 35.5. The number of halogens is 2. The SMILES string of the molecule is O=C(CCNC(=O)c1ccsc1)NCCN1C(=O)S/C(=C\c2ccc(Cl)cc2Cl)C1=O. The van der Waals surface area contributed by atoms with Crippen LogP contribution in [0, 0.1) is 0 Å². The van der Waals surface area contributed by atoms with E-state index in [0.717, 1.165) is 16.7 Å². The first-order chi connectivity index (χ1) is 14.8. The van der Waals surface area contributed by atoms with Gasteiger partial charge in [0.05, 0.1) is 4.91 Å². The summed E-state index contributed by atoms with van der Waals surface area (Å²) < 4.78 is 0. The van der Waals surface area contributed by atoms with Crippen LogP contribution in [0.25, 0.3) is 6.08 Å². The summed E-state index contributed by atoms with van der Waals surface area (Å²) in [5.74, 6) is -0.973. The van der Waals surface area contributed by atoms with Crippen molar-refractivity contribution >= 4 is 75.3 Å². The highest BCUT2D eigenvalue weighted by molar-refractivity contribution is 8.18. The highest BCUT2D eigenvalue weighted by Gasteiger charge is 2.34. The molecule has 1 aliphatic heterocycles. The number of imide groups is 1. The van der Waals surface area contributed by atoms with Crippen LogP contribution in [0.1, 0.15) is 22.3 Å². The van der Waals surface area contributed by atoms with Gasteiger partial charge in [0.15, 0.2) is 0 Å². The molecule has 2 heterocycles. The fraction of sp³-hybridized carbons (Fsp3) is 0.200. The molecule has 31 heavy (non-hydrogen) atoms. The minimum absolute atomic E-state index is 0.0450. The summed E-state index contributed by atoms with van der Waals surface area (Å²) in [7, 11) is 0. The molecule has 0 aliphatic carbocycles. The van der Waals surface area contributed by atoms with Crippen molar-refractivity contribution in [3.8, 4) is 0 Å². The molecule has 7 nitrogen and oxygen atoms in total. The monoisotopic (exact) mass is 497 g/mol. The maximum absolute atomic E-state index is 12.5. The molecule has 2 N–H and O–H groups in total. The first-order valence-corrected chi connectivity index (χ1v) is 11.6. The number of hydrogen-bond acceptors (Lipinski definition) is 6. The molecule has 3 rings (SSSR count). The van der Waals surface area contributed by atoms with Crippen LogP contribution < -0.4 is 10.6 Å².